The third kappa shape index (κ3) is 2.83. The molecule has 0 saturated heterocycles. The lowest BCUT2D eigenvalue weighted by Gasteiger charge is -2.19. The van der Waals surface area contributed by atoms with Gasteiger partial charge in [0, 0.05) is 22.0 Å². The van der Waals surface area contributed by atoms with Crippen LogP contribution in [0.25, 0.3) is 10.9 Å². The molecule has 0 bridgehead atoms. The molecule has 3 rings (SSSR count). The molecule has 1 heterocycles. The maximum atomic E-state index is 12.9. The monoisotopic (exact) mass is 316 g/mol. The zero-order chi connectivity index (χ0) is 17.3. The zero-order valence-corrected chi connectivity index (χ0v) is 14.2. The molecule has 1 aromatic heterocycles. The second kappa shape index (κ2) is 5.98. The van der Waals surface area contributed by atoms with Crippen LogP contribution in [0, 0.1) is 11.3 Å². The van der Waals surface area contributed by atoms with Crippen LogP contribution in [0.15, 0.2) is 48.5 Å². The highest BCUT2D eigenvalue weighted by Crippen LogP contribution is 2.30. The number of nitrogens with zero attached hydrogens (tertiary/aromatic N) is 1. The fourth-order valence-corrected chi connectivity index (χ4v) is 2.90. The van der Waals surface area contributed by atoms with Crippen LogP contribution >= 0.6 is 0 Å². The number of H-pyrrole nitrogens is 1. The molecule has 0 radical (unpaired) electrons. The van der Waals surface area contributed by atoms with Crippen molar-refractivity contribution in [1.29, 1.82) is 5.26 Å². The summed E-state index contributed by atoms with van der Waals surface area (Å²) in [6.45, 7) is 6.46. The molecule has 0 aliphatic heterocycles. The summed E-state index contributed by atoms with van der Waals surface area (Å²) in [5, 5.41) is 10.2. The van der Waals surface area contributed by atoms with Gasteiger partial charge in [0.2, 0.25) is 5.78 Å². The van der Waals surface area contributed by atoms with Gasteiger partial charge in [0.05, 0.1) is 18.2 Å². The summed E-state index contributed by atoms with van der Waals surface area (Å²) in [6.07, 6.45) is 0.210. The van der Waals surface area contributed by atoms with E-state index in [0.717, 1.165) is 16.5 Å². The number of nitrogens with one attached hydrogen (secondary N) is 1. The molecule has 0 spiro atoms. The predicted octanol–water partition coefficient (Wildman–Crippen LogP) is 4.76. The Morgan fingerprint density at radius 3 is 2.46 bits per heavy atom. The molecular weight excluding hydrogens is 296 g/mol. The van der Waals surface area contributed by atoms with Crippen molar-refractivity contribution in [3.8, 4) is 6.07 Å². The fourth-order valence-electron chi connectivity index (χ4n) is 2.90. The Kier molecular flexibility index (Phi) is 3.99. The Morgan fingerprint density at radius 1 is 1.12 bits per heavy atom. The second-order valence-corrected chi connectivity index (χ2v) is 7.02. The van der Waals surface area contributed by atoms with Gasteiger partial charge in [0.25, 0.3) is 0 Å². The smallest absolute Gasteiger partial charge is 0.209 e. The van der Waals surface area contributed by atoms with Gasteiger partial charge >= 0.3 is 0 Å². The number of fused-ring (bicyclic) bond motifs is 1. The van der Waals surface area contributed by atoms with Crippen LogP contribution in [0.2, 0.25) is 0 Å². The van der Waals surface area contributed by atoms with E-state index in [1.807, 2.05) is 24.3 Å². The van der Waals surface area contributed by atoms with Gasteiger partial charge in [-0.25, -0.2) is 0 Å². The fraction of sp³-hybridized carbons (Fsp3) is 0.238. The van der Waals surface area contributed by atoms with E-state index in [-0.39, 0.29) is 17.6 Å². The number of nitriles is 1. The first-order chi connectivity index (χ1) is 11.4. The Balaban J connectivity index is 2.20. The van der Waals surface area contributed by atoms with Gasteiger partial charge in [-0.1, -0.05) is 57.2 Å². The van der Waals surface area contributed by atoms with E-state index < -0.39 is 0 Å². The number of hydrogen-bond donors (Lipinski definition) is 1. The minimum absolute atomic E-state index is 0.0129. The number of benzene rings is 2. The van der Waals surface area contributed by atoms with Crippen molar-refractivity contribution in [2.24, 2.45) is 0 Å². The van der Waals surface area contributed by atoms with Crippen molar-refractivity contribution in [3.05, 3.63) is 70.9 Å². The standard InChI is InChI=1S/C21H20N2O/c1-21(2,3)15-9-10-18-17(13-15)16(11-12-22)19(23-18)20(24)14-7-5-4-6-8-14/h4-10,13,23H,11H2,1-3H3. The van der Waals surface area contributed by atoms with Crippen molar-refractivity contribution in [2.45, 2.75) is 32.6 Å². The summed E-state index contributed by atoms with van der Waals surface area (Å²) in [7, 11) is 0. The quantitative estimate of drug-likeness (QED) is 0.708. The molecule has 0 fully saturated rings. The van der Waals surface area contributed by atoms with Crippen LogP contribution in [0.4, 0.5) is 0 Å². The highest BCUT2D eigenvalue weighted by molar-refractivity contribution is 6.12. The summed E-state index contributed by atoms with van der Waals surface area (Å²) in [6, 6.07) is 17.5. The molecule has 3 aromatic rings. The number of aromatic amines is 1. The summed E-state index contributed by atoms with van der Waals surface area (Å²) in [5.41, 5.74) is 4.02. The molecular formula is C21H20N2O. The maximum Gasteiger partial charge on any atom is 0.209 e. The number of ketones is 1. The number of aromatic nitrogens is 1. The predicted molar refractivity (Wildman–Crippen MR) is 96.2 cm³/mol. The number of rotatable bonds is 3. The summed E-state index contributed by atoms with van der Waals surface area (Å²) in [4.78, 5) is 16.1. The van der Waals surface area contributed by atoms with Gasteiger partial charge in [-0.05, 0) is 23.1 Å². The molecule has 1 N–H and O–H groups in total. The van der Waals surface area contributed by atoms with Gasteiger partial charge in [-0.3, -0.25) is 4.79 Å². The number of carbonyl (C=O) groups excluding carboxylic acids is 1. The van der Waals surface area contributed by atoms with Crippen LogP contribution in [0.1, 0.15) is 48.0 Å². The highest BCUT2D eigenvalue weighted by atomic mass is 16.1. The zero-order valence-electron chi connectivity index (χ0n) is 14.2. The van der Waals surface area contributed by atoms with E-state index in [1.54, 1.807) is 12.1 Å². The first-order valence-electron chi connectivity index (χ1n) is 8.03. The van der Waals surface area contributed by atoms with Gasteiger partial charge in [-0.2, -0.15) is 5.26 Å². The maximum absolute atomic E-state index is 12.9. The van der Waals surface area contributed by atoms with E-state index in [9.17, 15) is 10.1 Å². The third-order valence-corrected chi connectivity index (χ3v) is 4.29. The average molecular weight is 316 g/mol. The molecule has 120 valence electrons. The summed E-state index contributed by atoms with van der Waals surface area (Å²) < 4.78 is 0. The molecule has 24 heavy (non-hydrogen) atoms. The minimum Gasteiger partial charge on any atom is -0.352 e. The van der Waals surface area contributed by atoms with Gasteiger partial charge < -0.3 is 4.98 Å². The van der Waals surface area contributed by atoms with Gasteiger partial charge in [0.15, 0.2) is 0 Å². The van der Waals surface area contributed by atoms with Crippen molar-refractivity contribution in [1.82, 2.24) is 4.98 Å². The Morgan fingerprint density at radius 2 is 1.83 bits per heavy atom. The minimum atomic E-state index is -0.0747. The first kappa shape index (κ1) is 16.0. The Hall–Kier alpha value is -2.86. The summed E-state index contributed by atoms with van der Waals surface area (Å²) in [5.74, 6) is -0.0747. The summed E-state index contributed by atoms with van der Waals surface area (Å²) >= 11 is 0. The molecule has 3 heteroatoms. The lowest BCUT2D eigenvalue weighted by molar-refractivity contribution is 0.103. The van der Waals surface area contributed by atoms with Crippen LogP contribution in [-0.2, 0) is 11.8 Å². The average Bonchev–Trinajstić information content (AvgIpc) is 2.92. The molecule has 0 aliphatic carbocycles. The third-order valence-electron chi connectivity index (χ3n) is 4.29. The second-order valence-electron chi connectivity index (χ2n) is 7.02. The molecule has 0 aliphatic rings. The van der Waals surface area contributed by atoms with E-state index >= 15 is 0 Å². The Labute approximate surface area is 141 Å². The van der Waals surface area contributed by atoms with Crippen LogP contribution in [0.3, 0.4) is 0 Å². The molecule has 0 atom stereocenters. The highest BCUT2D eigenvalue weighted by Gasteiger charge is 2.21. The number of carbonyl (C=O) groups is 1. The van der Waals surface area contributed by atoms with Gasteiger partial charge in [-0.15, -0.1) is 0 Å². The SMILES string of the molecule is CC(C)(C)c1ccc2[nH]c(C(=O)c3ccccc3)c(CC#N)c2c1. The molecule has 0 saturated carbocycles. The topological polar surface area (TPSA) is 56.6 Å². The largest absolute Gasteiger partial charge is 0.352 e. The van der Waals surface area contributed by atoms with Crippen molar-refractivity contribution < 1.29 is 4.79 Å². The van der Waals surface area contributed by atoms with E-state index in [4.69, 9.17) is 0 Å². The normalized spacial score (nSPS) is 11.4. The van der Waals surface area contributed by atoms with Crippen LogP contribution in [-0.4, -0.2) is 10.8 Å². The Bertz CT molecular complexity index is 938. The van der Waals surface area contributed by atoms with Crippen LogP contribution < -0.4 is 0 Å². The van der Waals surface area contributed by atoms with E-state index in [2.05, 4.69) is 44.0 Å². The van der Waals surface area contributed by atoms with E-state index in [0.29, 0.717) is 11.3 Å². The lowest BCUT2D eigenvalue weighted by Crippen LogP contribution is -2.10. The molecule has 3 nitrogen and oxygen atoms in total. The van der Waals surface area contributed by atoms with Crippen molar-refractivity contribution >= 4 is 16.7 Å². The van der Waals surface area contributed by atoms with Crippen LogP contribution in [0.5, 0.6) is 0 Å². The van der Waals surface area contributed by atoms with Crippen molar-refractivity contribution in [3.63, 3.8) is 0 Å². The van der Waals surface area contributed by atoms with Gasteiger partial charge in [0.1, 0.15) is 0 Å². The van der Waals surface area contributed by atoms with Crippen molar-refractivity contribution in [2.75, 3.05) is 0 Å². The molecule has 0 amide bonds. The molecule has 0 unspecified atom stereocenters. The lowest BCUT2D eigenvalue weighted by atomic mass is 9.86. The van der Waals surface area contributed by atoms with E-state index in [1.165, 1.54) is 5.56 Å². The first-order valence-corrected chi connectivity index (χ1v) is 8.03. The number of hydrogen-bond acceptors (Lipinski definition) is 2. The molecule has 2 aromatic carbocycles.